The summed E-state index contributed by atoms with van der Waals surface area (Å²) in [5, 5.41) is 1.88. The SMILES string of the molecule is COc1ccc2ccc(OC)c(C=c3sc4n(c3=O)[C@H](c3ccccc3OC)C(C(C)=O)=C(C)N=4)c2c1. The van der Waals surface area contributed by atoms with Crippen LogP contribution in [0.4, 0.5) is 0 Å². The Hall–Kier alpha value is -4.17. The molecule has 7 nitrogen and oxygen atoms in total. The summed E-state index contributed by atoms with van der Waals surface area (Å²) in [6.45, 7) is 3.30. The number of carbonyl (C=O) groups is 1. The highest BCUT2D eigenvalue weighted by Gasteiger charge is 2.32. The topological polar surface area (TPSA) is 79.1 Å². The summed E-state index contributed by atoms with van der Waals surface area (Å²) in [7, 11) is 4.80. The molecule has 2 heterocycles. The van der Waals surface area contributed by atoms with E-state index in [1.807, 2.05) is 60.7 Å². The van der Waals surface area contributed by atoms with Gasteiger partial charge in [-0.1, -0.05) is 41.7 Å². The Kier molecular flexibility index (Phi) is 6.43. The third-order valence-corrected chi connectivity index (χ3v) is 7.54. The Morgan fingerprint density at radius 3 is 2.43 bits per heavy atom. The van der Waals surface area contributed by atoms with Crippen molar-refractivity contribution >= 4 is 34.0 Å². The molecule has 37 heavy (non-hydrogen) atoms. The third kappa shape index (κ3) is 4.13. The third-order valence-electron chi connectivity index (χ3n) is 6.56. The number of aromatic nitrogens is 1. The van der Waals surface area contributed by atoms with E-state index in [0.29, 0.717) is 37.9 Å². The molecule has 0 fully saturated rings. The molecule has 1 aromatic heterocycles. The van der Waals surface area contributed by atoms with E-state index in [0.717, 1.165) is 21.9 Å². The monoisotopic (exact) mass is 514 g/mol. The van der Waals surface area contributed by atoms with Gasteiger partial charge in [-0.2, -0.15) is 0 Å². The number of allylic oxidation sites excluding steroid dienone is 2. The number of carbonyl (C=O) groups excluding carboxylic acids is 1. The minimum Gasteiger partial charge on any atom is -0.497 e. The van der Waals surface area contributed by atoms with Gasteiger partial charge in [0.1, 0.15) is 17.2 Å². The number of thiazole rings is 1. The Morgan fingerprint density at radius 2 is 1.73 bits per heavy atom. The Balaban J connectivity index is 1.82. The first-order valence-corrected chi connectivity index (χ1v) is 12.5. The van der Waals surface area contributed by atoms with Gasteiger partial charge in [0.05, 0.1) is 31.9 Å². The summed E-state index contributed by atoms with van der Waals surface area (Å²) in [4.78, 5) is 32.0. The van der Waals surface area contributed by atoms with Gasteiger partial charge in [-0.3, -0.25) is 14.2 Å². The van der Waals surface area contributed by atoms with Crippen molar-refractivity contribution in [3.05, 3.63) is 96.7 Å². The molecule has 0 spiro atoms. The van der Waals surface area contributed by atoms with Gasteiger partial charge in [0.2, 0.25) is 0 Å². The van der Waals surface area contributed by atoms with Crippen LogP contribution in [0.25, 0.3) is 16.8 Å². The first kappa shape index (κ1) is 24.5. The van der Waals surface area contributed by atoms with E-state index >= 15 is 0 Å². The number of ketones is 1. The largest absolute Gasteiger partial charge is 0.497 e. The summed E-state index contributed by atoms with van der Waals surface area (Å²) < 4.78 is 18.8. The van der Waals surface area contributed by atoms with Crippen molar-refractivity contribution in [1.82, 2.24) is 4.57 Å². The highest BCUT2D eigenvalue weighted by Crippen LogP contribution is 2.35. The molecule has 1 aliphatic rings. The average molecular weight is 515 g/mol. The molecule has 5 rings (SSSR count). The number of rotatable bonds is 6. The van der Waals surface area contributed by atoms with Gasteiger partial charge in [0.15, 0.2) is 10.6 Å². The van der Waals surface area contributed by atoms with Crippen LogP contribution >= 0.6 is 11.3 Å². The lowest BCUT2D eigenvalue weighted by atomic mass is 9.93. The molecular formula is C29H26N2O5S. The van der Waals surface area contributed by atoms with Crippen LogP contribution < -0.4 is 29.1 Å². The van der Waals surface area contributed by atoms with Crippen molar-refractivity contribution in [2.45, 2.75) is 19.9 Å². The molecule has 8 heteroatoms. The molecule has 0 bridgehead atoms. The molecule has 188 valence electrons. The first-order valence-electron chi connectivity index (χ1n) is 11.7. The average Bonchev–Trinajstić information content (AvgIpc) is 3.21. The van der Waals surface area contributed by atoms with Crippen molar-refractivity contribution in [3.63, 3.8) is 0 Å². The zero-order chi connectivity index (χ0) is 26.3. The van der Waals surface area contributed by atoms with Crippen LogP contribution in [-0.2, 0) is 4.79 Å². The van der Waals surface area contributed by atoms with Crippen molar-refractivity contribution < 1.29 is 19.0 Å². The van der Waals surface area contributed by atoms with Crippen LogP contribution in [0.1, 0.15) is 31.0 Å². The van der Waals surface area contributed by atoms with Crippen LogP contribution in [0.5, 0.6) is 17.2 Å². The maximum Gasteiger partial charge on any atom is 0.271 e. The van der Waals surface area contributed by atoms with E-state index in [4.69, 9.17) is 14.2 Å². The quantitative estimate of drug-likeness (QED) is 0.389. The van der Waals surface area contributed by atoms with Crippen LogP contribution in [0.2, 0.25) is 0 Å². The molecule has 1 atom stereocenters. The molecule has 4 aromatic rings. The Morgan fingerprint density at radius 1 is 1.00 bits per heavy atom. The maximum atomic E-state index is 14.0. The number of benzene rings is 3. The minimum absolute atomic E-state index is 0.144. The van der Waals surface area contributed by atoms with E-state index in [2.05, 4.69) is 4.99 Å². The molecule has 0 saturated heterocycles. The number of hydrogen-bond acceptors (Lipinski definition) is 7. The second kappa shape index (κ2) is 9.71. The molecule has 3 aromatic carbocycles. The maximum absolute atomic E-state index is 14.0. The van der Waals surface area contributed by atoms with Gasteiger partial charge in [0.25, 0.3) is 5.56 Å². The van der Waals surface area contributed by atoms with E-state index in [-0.39, 0.29) is 11.3 Å². The van der Waals surface area contributed by atoms with Gasteiger partial charge >= 0.3 is 0 Å². The fraction of sp³-hybridized carbons (Fsp3) is 0.207. The van der Waals surface area contributed by atoms with E-state index < -0.39 is 6.04 Å². The highest BCUT2D eigenvalue weighted by atomic mass is 32.1. The van der Waals surface area contributed by atoms with E-state index in [1.54, 1.807) is 32.8 Å². The molecule has 0 N–H and O–H groups in total. The van der Waals surface area contributed by atoms with Crippen molar-refractivity contribution in [2.75, 3.05) is 21.3 Å². The van der Waals surface area contributed by atoms with Crippen molar-refractivity contribution in [1.29, 1.82) is 0 Å². The Labute approximate surface area is 217 Å². The molecule has 0 aliphatic carbocycles. The van der Waals surface area contributed by atoms with Crippen LogP contribution in [-0.4, -0.2) is 31.7 Å². The number of ether oxygens (including phenoxy) is 3. The number of para-hydroxylation sites is 1. The predicted molar refractivity (Wildman–Crippen MR) is 144 cm³/mol. The summed E-state index contributed by atoms with van der Waals surface area (Å²) in [6, 6.07) is 16.4. The van der Waals surface area contributed by atoms with Gasteiger partial charge in [-0.25, -0.2) is 4.99 Å². The lowest BCUT2D eigenvalue weighted by Gasteiger charge is -2.25. The number of methoxy groups -OCH3 is 3. The highest BCUT2D eigenvalue weighted by molar-refractivity contribution is 7.07. The lowest BCUT2D eigenvalue weighted by molar-refractivity contribution is -0.114. The number of hydrogen-bond donors (Lipinski definition) is 0. The number of Topliss-reactive ketones (excluding diaryl/α,β-unsaturated/α-hetero) is 1. The number of nitrogens with zero attached hydrogens (tertiary/aromatic N) is 2. The standard InChI is InChI=1S/C29H26N2O5S/c1-16-26(17(2)32)27(20-8-6-7-9-23(20)35-4)31-28(33)25(37-29(31)30-16)15-22-21-14-19(34-3)12-10-18(21)11-13-24(22)36-5/h6-15,27H,1-5H3/t27-/m1/s1. The van der Waals surface area contributed by atoms with Gasteiger partial charge in [-0.05, 0) is 55.0 Å². The molecule has 0 amide bonds. The molecule has 0 radical (unpaired) electrons. The van der Waals surface area contributed by atoms with Gasteiger partial charge in [0, 0.05) is 22.4 Å². The summed E-state index contributed by atoms with van der Waals surface area (Å²) >= 11 is 1.28. The zero-order valence-electron chi connectivity index (χ0n) is 21.2. The van der Waals surface area contributed by atoms with Crippen molar-refractivity contribution in [3.8, 4) is 17.2 Å². The fourth-order valence-electron chi connectivity index (χ4n) is 4.84. The van der Waals surface area contributed by atoms with Crippen LogP contribution in [0.3, 0.4) is 0 Å². The molecule has 0 unspecified atom stereocenters. The molecule has 1 aliphatic heterocycles. The second-order valence-electron chi connectivity index (χ2n) is 8.65. The second-order valence-corrected chi connectivity index (χ2v) is 9.66. The smallest absolute Gasteiger partial charge is 0.271 e. The van der Waals surface area contributed by atoms with E-state index in [1.165, 1.54) is 18.3 Å². The normalized spacial score (nSPS) is 15.4. The summed E-state index contributed by atoms with van der Waals surface area (Å²) in [5.74, 6) is 1.79. The first-order chi connectivity index (χ1) is 17.9. The zero-order valence-corrected chi connectivity index (χ0v) is 22.0. The molecular weight excluding hydrogens is 488 g/mol. The molecule has 0 saturated carbocycles. The van der Waals surface area contributed by atoms with E-state index in [9.17, 15) is 9.59 Å². The van der Waals surface area contributed by atoms with Crippen molar-refractivity contribution in [2.24, 2.45) is 4.99 Å². The lowest BCUT2D eigenvalue weighted by Crippen LogP contribution is -2.39. The van der Waals surface area contributed by atoms with Gasteiger partial charge < -0.3 is 14.2 Å². The summed E-state index contributed by atoms with van der Waals surface area (Å²) in [6.07, 6.45) is 1.83. The number of fused-ring (bicyclic) bond motifs is 2. The fourth-order valence-corrected chi connectivity index (χ4v) is 5.87. The predicted octanol–water partition coefficient (Wildman–Crippen LogP) is 4.00. The van der Waals surface area contributed by atoms with Crippen LogP contribution in [0, 0.1) is 0 Å². The Bertz CT molecular complexity index is 1760. The van der Waals surface area contributed by atoms with Crippen LogP contribution in [0.15, 0.2) is 75.7 Å². The van der Waals surface area contributed by atoms with Gasteiger partial charge in [-0.15, -0.1) is 0 Å². The minimum atomic E-state index is -0.651. The summed E-state index contributed by atoms with van der Waals surface area (Å²) in [5.41, 5.74) is 2.30.